The first-order valence-electron chi connectivity index (χ1n) is 9.71. The van der Waals surface area contributed by atoms with Crippen LogP contribution >= 0.6 is 0 Å². The van der Waals surface area contributed by atoms with Gasteiger partial charge in [-0.1, -0.05) is 6.07 Å². The molecule has 9 heteroatoms. The second kappa shape index (κ2) is 7.12. The van der Waals surface area contributed by atoms with Gasteiger partial charge in [-0.25, -0.2) is 18.7 Å². The maximum absolute atomic E-state index is 14.2. The Morgan fingerprint density at radius 2 is 2.00 bits per heavy atom. The van der Waals surface area contributed by atoms with Crippen molar-refractivity contribution in [3.05, 3.63) is 66.1 Å². The predicted octanol–water partition coefficient (Wildman–Crippen LogP) is 3.63. The summed E-state index contributed by atoms with van der Waals surface area (Å²) in [4.78, 5) is 21.0. The SMILES string of the molecule is Cn1cc(C2CC2C(=O)Nc2cc3cc(-c4c(F)cccc4F)nc(N)c3cn2)cn1. The molecule has 3 N–H and O–H groups in total. The van der Waals surface area contributed by atoms with Crippen LogP contribution in [-0.4, -0.2) is 25.7 Å². The average Bonchev–Trinajstić information content (AvgIpc) is 3.41. The lowest BCUT2D eigenvalue weighted by atomic mass is 10.1. The Hall–Kier alpha value is -3.88. The molecule has 2 atom stereocenters. The quantitative estimate of drug-likeness (QED) is 0.525. The summed E-state index contributed by atoms with van der Waals surface area (Å²) in [6, 6.07) is 6.75. The van der Waals surface area contributed by atoms with Crippen LogP contribution in [-0.2, 0) is 11.8 Å². The molecule has 0 bridgehead atoms. The van der Waals surface area contributed by atoms with E-state index in [1.807, 2.05) is 13.2 Å². The molecule has 3 aromatic heterocycles. The molecule has 5 rings (SSSR count). The molecule has 1 aromatic carbocycles. The fraction of sp³-hybridized carbons (Fsp3) is 0.182. The van der Waals surface area contributed by atoms with E-state index in [4.69, 9.17) is 5.73 Å². The van der Waals surface area contributed by atoms with Crippen molar-refractivity contribution in [1.82, 2.24) is 19.7 Å². The number of carbonyl (C=O) groups excluding carboxylic acids is 1. The fourth-order valence-corrected chi connectivity index (χ4v) is 3.82. The van der Waals surface area contributed by atoms with Crippen LogP contribution in [0.1, 0.15) is 17.9 Å². The van der Waals surface area contributed by atoms with Gasteiger partial charge in [0.05, 0.1) is 17.5 Å². The highest BCUT2D eigenvalue weighted by Gasteiger charge is 2.44. The minimum atomic E-state index is -0.732. The summed E-state index contributed by atoms with van der Waals surface area (Å²) in [5.41, 5.74) is 6.85. The van der Waals surface area contributed by atoms with Crippen LogP contribution in [0, 0.1) is 17.6 Å². The summed E-state index contributed by atoms with van der Waals surface area (Å²) in [6.07, 6.45) is 5.91. The van der Waals surface area contributed by atoms with E-state index in [9.17, 15) is 13.6 Å². The highest BCUT2D eigenvalue weighted by molar-refractivity contribution is 5.98. The van der Waals surface area contributed by atoms with Crippen LogP contribution in [0.15, 0.2) is 48.9 Å². The summed E-state index contributed by atoms with van der Waals surface area (Å²) in [5.74, 6) is -1.17. The summed E-state index contributed by atoms with van der Waals surface area (Å²) in [6.45, 7) is 0. The number of nitrogens with one attached hydrogen (secondary N) is 1. The van der Waals surface area contributed by atoms with E-state index in [0.717, 1.165) is 24.1 Å². The molecule has 4 aromatic rings. The molecule has 1 aliphatic carbocycles. The number of nitrogens with two attached hydrogens (primary N) is 1. The van der Waals surface area contributed by atoms with Crippen molar-refractivity contribution >= 4 is 28.3 Å². The molecule has 1 amide bonds. The van der Waals surface area contributed by atoms with E-state index in [0.29, 0.717) is 16.6 Å². The van der Waals surface area contributed by atoms with E-state index in [1.165, 1.54) is 18.3 Å². The zero-order valence-electron chi connectivity index (χ0n) is 16.5. The summed E-state index contributed by atoms with van der Waals surface area (Å²) < 4.78 is 30.1. The molecule has 156 valence electrons. The Balaban J connectivity index is 1.42. The molecule has 0 spiro atoms. The Kier molecular flexibility index (Phi) is 4.39. The van der Waals surface area contributed by atoms with Gasteiger partial charge in [0.25, 0.3) is 0 Å². The number of aryl methyl sites for hydroxylation is 1. The van der Waals surface area contributed by atoms with Crippen LogP contribution in [0.2, 0.25) is 0 Å². The minimum Gasteiger partial charge on any atom is -0.383 e. The third kappa shape index (κ3) is 3.48. The normalized spacial score (nSPS) is 17.6. The Bertz CT molecular complexity index is 1310. The fourth-order valence-electron chi connectivity index (χ4n) is 3.82. The first kappa shape index (κ1) is 19.1. The maximum atomic E-state index is 14.2. The molecule has 2 unspecified atom stereocenters. The standard InChI is InChI=1S/C22H18F2N6O/c1-30-10-12(8-27-30)13-7-14(13)22(31)29-19-6-11-5-18(28-21(25)15(11)9-26-19)20-16(23)3-2-4-17(20)24/h2-6,8-10,13-14H,7H2,1H3,(H2,25,28)(H,26,29,31). The average molecular weight is 420 g/mol. The lowest BCUT2D eigenvalue weighted by Gasteiger charge is -2.10. The van der Waals surface area contributed by atoms with Gasteiger partial charge in [-0.05, 0) is 47.6 Å². The predicted molar refractivity (Wildman–Crippen MR) is 112 cm³/mol. The van der Waals surface area contributed by atoms with E-state index in [1.54, 1.807) is 16.9 Å². The number of nitrogens with zero attached hydrogens (tertiary/aromatic N) is 4. The van der Waals surface area contributed by atoms with Crippen LogP contribution in [0.25, 0.3) is 22.0 Å². The van der Waals surface area contributed by atoms with Crippen molar-refractivity contribution in [1.29, 1.82) is 0 Å². The second-order valence-corrected chi connectivity index (χ2v) is 7.67. The van der Waals surface area contributed by atoms with Gasteiger partial charge >= 0.3 is 0 Å². The number of aromatic nitrogens is 4. The Morgan fingerprint density at radius 3 is 2.71 bits per heavy atom. The van der Waals surface area contributed by atoms with Crippen molar-refractivity contribution in [3.63, 3.8) is 0 Å². The van der Waals surface area contributed by atoms with Crippen LogP contribution in [0.3, 0.4) is 0 Å². The highest BCUT2D eigenvalue weighted by Crippen LogP contribution is 2.47. The number of hydrogen-bond acceptors (Lipinski definition) is 5. The number of anilines is 2. The number of rotatable bonds is 4. The van der Waals surface area contributed by atoms with Gasteiger partial charge in [0, 0.05) is 30.7 Å². The highest BCUT2D eigenvalue weighted by atomic mass is 19.1. The smallest absolute Gasteiger partial charge is 0.229 e. The van der Waals surface area contributed by atoms with Crippen LogP contribution in [0.5, 0.6) is 0 Å². The number of hydrogen-bond donors (Lipinski definition) is 2. The van der Waals surface area contributed by atoms with Crippen molar-refractivity contribution < 1.29 is 13.6 Å². The van der Waals surface area contributed by atoms with Crippen LogP contribution < -0.4 is 11.1 Å². The zero-order chi connectivity index (χ0) is 21.7. The van der Waals surface area contributed by atoms with E-state index in [-0.39, 0.29) is 34.8 Å². The molecule has 1 aliphatic rings. The summed E-state index contributed by atoms with van der Waals surface area (Å²) in [7, 11) is 1.84. The lowest BCUT2D eigenvalue weighted by molar-refractivity contribution is -0.117. The number of halogens is 2. The third-order valence-corrected chi connectivity index (χ3v) is 5.50. The van der Waals surface area contributed by atoms with E-state index >= 15 is 0 Å². The number of nitrogen functional groups attached to an aromatic ring is 1. The van der Waals surface area contributed by atoms with Gasteiger partial charge in [0.2, 0.25) is 5.91 Å². The topological polar surface area (TPSA) is 98.7 Å². The van der Waals surface area contributed by atoms with Gasteiger partial charge in [-0.2, -0.15) is 5.10 Å². The molecule has 1 fully saturated rings. The first-order chi connectivity index (χ1) is 14.9. The van der Waals surface area contributed by atoms with Crippen molar-refractivity contribution in [2.24, 2.45) is 13.0 Å². The van der Waals surface area contributed by atoms with Crippen molar-refractivity contribution in [2.45, 2.75) is 12.3 Å². The lowest BCUT2D eigenvalue weighted by Crippen LogP contribution is -2.15. The zero-order valence-corrected chi connectivity index (χ0v) is 16.5. The molecule has 1 saturated carbocycles. The largest absolute Gasteiger partial charge is 0.383 e. The number of benzene rings is 1. The van der Waals surface area contributed by atoms with Gasteiger partial charge in [0.15, 0.2) is 0 Å². The number of fused-ring (bicyclic) bond motifs is 1. The molecule has 0 radical (unpaired) electrons. The third-order valence-electron chi connectivity index (χ3n) is 5.50. The van der Waals surface area contributed by atoms with Gasteiger partial charge < -0.3 is 11.1 Å². The molecular weight excluding hydrogens is 402 g/mol. The Labute approximate surface area is 175 Å². The summed E-state index contributed by atoms with van der Waals surface area (Å²) >= 11 is 0. The maximum Gasteiger partial charge on any atom is 0.229 e. The molecule has 31 heavy (non-hydrogen) atoms. The molecule has 0 saturated heterocycles. The van der Waals surface area contributed by atoms with Gasteiger partial charge in [0.1, 0.15) is 23.3 Å². The molecule has 0 aliphatic heterocycles. The molecule has 7 nitrogen and oxygen atoms in total. The van der Waals surface area contributed by atoms with Crippen LogP contribution in [0.4, 0.5) is 20.4 Å². The Morgan fingerprint density at radius 1 is 1.23 bits per heavy atom. The van der Waals surface area contributed by atoms with Crippen molar-refractivity contribution in [2.75, 3.05) is 11.1 Å². The van der Waals surface area contributed by atoms with Crippen molar-refractivity contribution in [3.8, 4) is 11.3 Å². The number of pyridine rings is 2. The van der Waals surface area contributed by atoms with Gasteiger partial charge in [-0.15, -0.1) is 0 Å². The monoisotopic (exact) mass is 420 g/mol. The number of amides is 1. The van der Waals surface area contributed by atoms with Gasteiger partial charge in [-0.3, -0.25) is 9.48 Å². The minimum absolute atomic E-state index is 0.0721. The number of carbonyl (C=O) groups is 1. The molecular formula is C22H18F2N6O. The molecule has 3 heterocycles. The summed E-state index contributed by atoms with van der Waals surface area (Å²) in [5, 5.41) is 8.05. The van der Waals surface area contributed by atoms with E-state index < -0.39 is 11.6 Å². The first-order valence-corrected chi connectivity index (χ1v) is 9.71. The second-order valence-electron chi connectivity index (χ2n) is 7.67. The van der Waals surface area contributed by atoms with E-state index in [2.05, 4.69) is 20.4 Å².